The number of aliphatic hydroxyl groups is 2. The van der Waals surface area contributed by atoms with Crippen molar-refractivity contribution >= 4 is 35.6 Å². The zero-order chi connectivity index (χ0) is 18.6. The molecule has 1 aliphatic heterocycles. The Morgan fingerprint density at radius 2 is 2.28 bits per heavy atom. The predicted molar refractivity (Wildman–Crippen MR) is 87.8 cm³/mol. The van der Waals surface area contributed by atoms with Crippen molar-refractivity contribution in [3.05, 3.63) is 16.7 Å². The Balaban J connectivity index is 1.97. The summed E-state index contributed by atoms with van der Waals surface area (Å²) in [7, 11) is 0. The number of anilines is 1. The van der Waals surface area contributed by atoms with Gasteiger partial charge in [-0.15, -0.1) is 0 Å². The maximum atomic E-state index is 11.8. The number of rotatable bonds is 4. The van der Waals surface area contributed by atoms with Gasteiger partial charge < -0.3 is 35.0 Å². The number of fused-ring (bicyclic) bond motifs is 1. The minimum Gasteiger partial charge on any atom is -0.387 e. The first kappa shape index (κ1) is 18.4. The summed E-state index contributed by atoms with van der Waals surface area (Å²) in [6.45, 7) is -3.10. The molecule has 12 nitrogen and oxygen atoms in total. The van der Waals surface area contributed by atoms with Gasteiger partial charge in [0, 0.05) is 0 Å². The van der Waals surface area contributed by atoms with Crippen molar-refractivity contribution in [2.45, 2.75) is 31.0 Å². The number of nitrogens with one attached hydrogen (secondary N) is 1. The predicted octanol–water partition coefficient (Wildman–Crippen LogP) is -2.06. The summed E-state index contributed by atoms with van der Waals surface area (Å²) in [5.41, 5.74) is 3.16. The van der Waals surface area contributed by atoms with Crippen molar-refractivity contribution in [1.29, 1.82) is 0 Å². The van der Waals surface area contributed by atoms with Crippen molar-refractivity contribution in [3.8, 4) is 0 Å². The molecular weight excluding hydrogens is 377 g/mol. The molecule has 0 radical (unpaired) electrons. The van der Waals surface area contributed by atoms with Crippen LogP contribution >= 0.6 is 6.72 Å². The molecule has 0 unspecified atom stereocenters. The summed E-state index contributed by atoms with van der Waals surface area (Å²) >= 11 is 4.34. The highest BCUT2D eigenvalue weighted by Gasteiger charge is 2.53. The molecule has 3 rings (SSSR count). The van der Waals surface area contributed by atoms with E-state index >= 15 is 0 Å². The molecule has 1 saturated heterocycles. The van der Waals surface area contributed by atoms with E-state index in [1.54, 1.807) is 0 Å². The largest absolute Gasteiger partial charge is 0.387 e. The number of nitrogens with two attached hydrogens (primary N) is 1. The number of aliphatic hydroxyl groups excluding tert-OH is 1. The minimum atomic E-state index is -3.95. The van der Waals surface area contributed by atoms with Gasteiger partial charge in [-0.1, -0.05) is 0 Å². The molecule has 7 N–H and O–H groups in total. The van der Waals surface area contributed by atoms with Gasteiger partial charge in [-0.05, 0) is 18.7 Å². The molecule has 1 aliphatic rings. The van der Waals surface area contributed by atoms with E-state index in [1.807, 2.05) is 0 Å². The number of nitrogen functional groups attached to an aromatic ring is 1. The van der Waals surface area contributed by atoms with Gasteiger partial charge in [0.15, 0.2) is 17.4 Å². The van der Waals surface area contributed by atoms with E-state index in [0.29, 0.717) is 0 Å². The molecule has 0 saturated carbocycles. The van der Waals surface area contributed by atoms with E-state index in [4.69, 9.17) is 24.8 Å². The van der Waals surface area contributed by atoms with Crippen molar-refractivity contribution in [2.75, 3.05) is 12.3 Å². The van der Waals surface area contributed by atoms with Crippen LogP contribution < -0.4 is 11.3 Å². The van der Waals surface area contributed by atoms with E-state index in [-0.39, 0.29) is 17.1 Å². The zero-order valence-corrected chi connectivity index (χ0v) is 14.5. The lowest BCUT2D eigenvalue weighted by molar-refractivity contribution is -0.0948. The summed E-state index contributed by atoms with van der Waals surface area (Å²) in [6.07, 6.45) is -2.54. The standard InChI is InChI=1S/C11H16N5O7PS/c1-11(19)6(17)4(2-22-24(20,21)25)23-9(11)16-3-13-5-7(16)14-10(12)15-8(5)18/h3-4,6,9,17,19H,2H2,1H3,(H2,20,21,25)(H3,12,14,15,18)/t4-,6-,9-,11-/m1/s1. The van der Waals surface area contributed by atoms with Crippen LogP contribution in [0.25, 0.3) is 11.2 Å². The second-order valence-corrected chi connectivity index (χ2v) is 8.43. The zero-order valence-electron chi connectivity index (χ0n) is 12.8. The minimum absolute atomic E-state index is 0.0241. The number of H-pyrrole nitrogens is 1. The topological polar surface area (TPSA) is 189 Å². The van der Waals surface area contributed by atoms with Gasteiger partial charge in [-0.2, -0.15) is 4.98 Å². The van der Waals surface area contributed by atoms with Gasteiger partial charge in [0.2, 0.25) is 5.95 Å². The molecule has 0 aliphatic carbocycles. The highest BCUT2D eigenvalue weighted by atomic mass is 32.5. The number of aromatic nitrogens is 4. The van der Waals surface area contributed by atoms with Crippen LogP contribution in [0.3, 0.4) is 0 Å². The quantitative estimate of drug-likeness (QED) is 0.313. The van der Waals surface area contributed by atoms with Crippen LogP contribution in [0.1, 0.15) is 13.2 Å². The Morgan fingerprint density at radius 1 is 1.60 bits per heavy atom. The Labute approximate surface area is 145 Å². The summed E-state index contributed by atoms with van der Waals surface area (Å²) in [5.74, 6) is -0.154. The first-order valence-electron chi connectivity index (χ1n) is 6.99. The molecular formula is C11H16N5O7PS. The number of hydrogen-bond acceptors (Lipinski definition) is 9. The van der Waals surface area contributed by atoms with Crippen LogP contribution in [0.5, 0.6) is 0 Å². The number of ether oxygens (including phenoxy) is 1. The molecule has 0 amide bonds. The summed E-state index contributed by atoms with van der Waals surface area (Å²) in [4.78, 5) is 40.3. The van der Waals surface area contributed by atoms with Crippen LogP contribution in [-0.4, -0.2) is 63.9 Å². The second-order valence-electron chi connectivity index (χ2n) is 5.76. The van der Waals surface area contributed by atoms with E-state index < -0.39 is 42.9 Å². The lowest BCUT2D eigenvalue weighted by atomic mass is 9.96. The van der Waals surface area contributed by atoms with E-state index in [1.165, 1.54) is 17.8 Å². The van der Waals surface area contributed by atoms with Crippen molar-refractivity contribution in [1.82, 2.24) is 19.5 Å². The maximum Gasteiger partial charge on any atom is 0.321 e. The fourth-order valence-corrected chi connectivity index (χ4v) is 3.19. The molecule has 2 aromatic rings. The monoisotopic (exact) mass is 393 g/mol. The fourth-order valence-electron chi connectivity index (χ4n) is 2.66. The SMILES string of the molecule is C[C@@]1(O)[C@H](O)[C@@H](COP(O)(O)=S)O[C@H]1n1cnc2c(=O)[nH]c(N)nc21. The van der Waals surface area contributed by atoms with Crippen LogP contribution in [0.2, 0.25) is 0 Å². The third kappa shape index (κ3) is 3.32. The molecule has 3 heterocycles. The molecule has 0 spiro atoms. The number of hydrogen-bond donors (Lipinski definition) is 6. The Morgan fingerprint density at radius 3 is 2.92 bits per heavy atom. The Kier molecular flexibility index (Phi) is 4.46. The first-order chi connectivity index (χ1) is 11.5. The molecule has 2 aromatic heterocycles. The molecule has 138 valence electrons. The summed E-state index contributed by atoms with van der Waals surface area (Å²) in [6, 6.07) is 0. The lowest BCUT2D eigenvalue weighted by Gasteiger charge is -2.27. The molecule has 0 aromatic carbocycles. The van der Waals surface area contributed by atoms with Crippen molar-refractivity contribution in [3.63, 3.8) is 0 Å². The average molecular weight is 393 g/mol. The second kappa shape index (κ2) is 6.07. The van der Waals surface area contributed by atoms with Gasteiger partial charge in [-0.25, -0.2) is 4.98 Å². The normalized spacial score (nSPS) is 30.2. The van der Waals surface area contributed by atoms with E-state index in [2.05, 4.69) is 26.8 Å². The Hall–Kier alpha value is -1.44. The van der Waals surface area contributed by atoms with Gasteiger partial charge in [0.1, 0.15) is 17.8 Å². The van der Waals surface area contributed by atoms with Gasteiger partial charge in [-0.3, -0.25) is 14.3 Å². The van der Waals surface area contributed by atoms with Crippen LogP contribution in [0, 0.1) is 0 Å². The van der Waals surface area contributed by atoms with Crippen LogP contribution in [0.4, 0.5) is 5.95 Å². The van der Waals surface area contributed by atoms with Crippen LogP contribution in [0.15, 0.2) is 11.1 Å². The van der Waals surface area contributed by atoms with Crippen molar-refractivity contribution in [2.24, 2.45) is 0 Å². The molecule has 25 heavy (non-hydrogen) atoms. The van der Waals surface area contributed by atoms with Gasteiger partial charge in [0.25, 0.3) is 5.56 Å². The smallest absolute Gasteiger partial charge is 0.321 e. The van der Waals surface area contributed by atoms with Gasteiger partial charge >= 0.3 is 6.72 Å². The first-order valence-corrected chi connectivity index (χ1v) is 9.61. The molecule has 0 bridgehead atoms. The van der Waals surface area contributed by atoms with Gasteiger partial charge in [0.05, 0.1) is 12.9 Å². The van der Waals surface area contributed by atoms with E-state index in [9.17, 15) is 15.0 Å². The summed E-state index contributed by atoms with van der Waals surface area (Å²) in [5, 5.41) is 20.9. The number of imidazole rings is 1. The Bertz CT molecular complexity index is 908. The third-order valence-corrected chi connectivity index (χ3v) is 4.67. The number of nitrogens with zero attached hydrogens (tertiary/aromatic N) is 3. The van der Waals surface area contributed by atoms with Crippen LogP contribution in [-0.2, 0) is 21.1 Å². The third-order valence-electron chi connectivity index (χ3n) is 3.86. The fraction of sp³-hybridized carbons (Fsp3) is 0.545. The summed E-state index contributed by atoms with van der Waals surface area (Å²) < 4.78 is 11.5. The highest BCUT2D eigenvalue weighted by molar-refractivity contribution is 8.06. The number of aromatic amines is 1. The molecule has 14 heteroatoms. The average Bonchev–Trinajstić information content (AvgIpc) is 2.97. The van der Waals surface area contributed by atoms with E-state index in [0.717, 1.165) is 0 Å². The molecule has 1 fully saturated rings. The maximum absolute atomic E-state index is 11.8. The lowest BCUT2D eigenvalue weighted by Crippen LogP contribution is -2.44. The highest BCUT2D eigenvalue weighted by Crippen LogP contribution is 2.42. The molecule has 4 atom stereocenters. The van der Waals surface area contributed by atoms with Crippen molar-refractivity contribution < 1.29 is 29.3 Å².